The molecule has 0 fully saturated rings. The first-order valence-electron chi connectivity index (χ1n) is 12.7. The van der Waals surface area contributed by atoms with Gasteiger partial charge < -0.3 is 4.90 Å². The molecule has 0 aliphatic carbocycles. The Bertz CT molecular complexity index is 1880. The van der Waals surface area contributed by atoms with Crippen molar-refractivity contribution in [1.29, 1.82) is 0 Å². The molecule has 3 nitrogen and oxygen atoms in total. The quantitative estimate of drug-likeness (QED) is 0.234. The molecular formula is C34H26N2O. The minimum absolute atomic E-state index is 0.00295. The van der Waals surface area contributed by atoms with Crippen LogP contribution in [0.3, 0.4) is 0 Å². The lowest BCUT2D eigenvalue weighted by atomic mass is 9.73. The summed E-state index contributed by atoms with van der Waals surface area (Å²) in [7, 11) is 0. The van der Waals surface area contributed by atoms with Gasteiger partial charge in [-0.2, -0.15) is 0 Å². The minimum Gasteiger partial charge on any atom is -0.310 e. The molecule has 1 aliphatic heterocycles. The van der Waals surface area contributed by atoms with E-state index in [1.807, 2.05) is 53.1 Å². The third-order valence-electron chi connectivity index (χ3n) is 7.78. The van der Waals surface area contributed by atoms with Crippen LogP contribution < -0.4 is 10.5 Å². The van der Waals surface area contributed by atoms with Crippen molar-refractivity contribution in [3.05, 3.63) is 143 Å². The van der Waals surface area contributed by atoms with Gasteiger partial charge in [-0.25, -0.2) is 0 Å². The lowest BCUT2D eigenvalue weighted by Gasteiger charge is -2.42. The van der Waals surface area contributed by atoms with E-state index in [1.165, 1.54) is 16.8 Å². The molecule has 37 heavy (non-hydrogen) atoms. The first-order valence-corrected chi connectivity index (χ1v) is 12.7. The Morgan fingerprint density at radius 3 is 1.97 bits per heavy atom. The zero-order chi connectivity index (χ0) is 25.1. The molecule has 0 saturated heterocycles. The minimum atomic E-state index is -0.247. The molecule has 5 aromatic carbocycles. The van der Waals surface area contributed by atoms with Crippen LogP contribution in [0.1, 0.15) is 25.0 Å². The highest BCUT2D eigenvalue weighted by atomic mass is 16.1. The molecule has 0 radical (unpaired) electrons. The van der Waals surface area contributed by atoms with Crippen molar-refractivity contribution in [3.8, 4) is 5.69 Å². The third-order valence-corrected chi connectivity index (χ3v) is 7.78. The maximum Gasteiger partial charge on any atom is 0.263 e. The van der Waals surface area contributed by atoms with Crippen LogP contribution in [0.4, 0.5) is 17.1 Å². The van der Waals surface area contributed by atoms with Crippen LogP contribution in [0, 0.1) is 0 Å². The van der Waals surface area contributed by atoms with Crippen LogP contribution in [-0.2, 0) is 5.41 Å². The van der Waals surface area contributed by atoms with Crippen molar-refractivity contribution in [2.75, 3.05) is 4.90 Å². The third kappa shape index (κ3) is 3.10. The summed E-state index contributed by atoms with van der Waals surface area (Å²) in [6.45, 7) is 4.55. The van der Waals surface area contributed by atoms with E-state index in [1.54, 1.807) is 0 Å². The summed E-state index contributed by atoms with van der Waals surface area (Å²) in [5.74, 6) is 0. The molecule has 0 amide bonds. The molecule has 0 N–H and O–H groups in total. The Morgan fingerprint density at radius 1 is 0.541 bits per heavy atom. The van der Waals surface area contributed by atoms with Crippen LogP contribution in [0.15, 0.2) is 126 Å². The number of benzene rings is 5. The Balaban J connectivity index is 1.54. The van der Waals surface area contributed by atoms with Crippen molar-refractivity contribution in [1.82, 2.24) is 4.57 Å². The predicted molar refractivity (Wildman–Crippen MR) is 154 cm³/mol. The van der Waals surface area contributed by atoms with Crippen LogP contribution in [0.25, 0.3) is 27.4 Å². The van der Waals surface area contributed by atoms with Gasteiger partial charge in [0.15, 0.2) is 0 Å². The molecule has 0 bridgehead atoms. The first-order chi connectivity index (χ1) is 18.1. The lowest BCUT2D eigenvalue weighted by molar-refractivity contribution is 0.631. The number of anilines is 3. The van der Waals surface area contributed by atoms with Gasteiger partial charge in [0, 0.05) is 27.6 Å². The molecular weight excluding hydrogens is 452 g/mol. The summed E-state index contributed by atoms with van der Waals surface area (Å²) < 4.78 is 1.88. The van der Waals surface area contributed by atoms with Gasteiger partial charge in [0.05, 0.1) is 16.9 Å². The van der Waals surface area contributed by atoms with Gasteiger partial charge in [-0.05, 0) is 65.0 Å². The maximum absolute atomic E-state index is 13.9. The standard InChI is InChI=1S/C34H26N2O/c1-34(2)28-17-9-11-19-31(28)35(23-12-4-3-5-13-23)32-21-20-24(22-29(32)34)36-30-18-10-8-15-26(30)25-14-6-7-16-27(25)33(36)37/h3-22H,1-2H3. The summed E-state index contributed by atoms with van der Waals surface area (Å²) in [6.07, 6.45) is 0. The number of pyridine rings is 1. The summed E-state index contributed by atoms with van der Waals surface area (Å²) >= 11 is 0. The van der Waals surface area contributed by atoms with Crippen molar-refractivity contribution < 1.29 is 0 Å². The van der Waals surface area contributed by atoms with Gasteiger partial charge in [-0.15, -0.1) is 0 Å². The largest absolute Gasteiger partial charge is 0.310 e. The second kappa shape index (κ2) is 7.94. The molecule has 0 spiro atoms. The molecule has 0 unspecified atom stereocenters. The number of para-hydroxylation sites is 3. The van der Waals surface area contributed by atoms with E-state index in [-0.39, 0.29) is 11.0 Å². The average molecular weight is 479 g/mol. The average Bonchev–Trinajstić information content (AvgIpc) is 2.94. The van der Waals surface area contributed by atoms with Crippen LogP contribution in [0.5, 0.6) is 0 Å². The number of rotatable bonds is 2. The number of hydrogen-bond donors (Lipinski definition) is 0. The van der Waals surface area contributed by atoms with E-state index in [2.05, 4.69) is 91.5 Å². The number of fused-ring (bicyclic) bond motifs is 5. The van der Waals surface area contributed by atoms with Gasteiger partial charge in [-0.1, -0.05) is 86.6 Å². The Morgan fingerprint density at radius 2 is 1.16 bits per heavy atom. The highest BCUT2D eigenvalue weighted by Gasteiger charge is 2.37. The zero-order valence-corrected chi connectivity index (χ0v) is 20.8. The van der Waals surface area contributed by atoms with Gasteiger partial charge in [0.1, 0.15) is 0 Å². The second-order valence-corrected chi connectivity index (χ2v) is 10.2. The SMILES string of the molecule is CC1(C)c2ccccc2N(c2ccccc2)c2ccc(-n3c(=O)c4ccccc4c4ccccc43)cc21. The number of hydrogen-bond acceptors (Lipinski definition) is 2. The van der Waals surface area contributed by atoms with Crippen molar-refractivity contribution in [3.63, 3.8) is 0 Å². The van der Waals surface area contributed by atoms with Gasteiger partial charge in [0.2, 0.25) is 0 Å². The molecule has 6 aromatic rings. The van der Waals surface area contributed by atoms with Crippen LogP contribution in [0.2, 0.25) is 0 Å². The fraction of sp³-hybridized carbons (Fsp3) is 0.0882. The van der Waals surface area contributed by atoms with Gasteiger partial charge in [0.25, 0.3) is 5.56 Å². The topological polar surface area (TPSA) is 25.2 Å². The van der Waals surface area contributed by atoms with Gasteiger partial charge >= 0.3 is 0 Å². The Labute approximate surface area is 215 Å². The Kier molecular flexibility index (Phi) is 4.64. The fourth-order valence-corrected chi connectivity index (χ4v) is 5.97. The van der Waals surface area contributed by atoms with Crippen LogP contribution >= 0.6 is 0 Å². The molecule has 178 valence electrons. The van der Waals surface area contributed by atoms with E-state index < -0.39 is 0 Å². The normalized spacial score (nSPS) is 13.9. The molecule has 1 aliphatic rings. The summed E-state index contributed by atoms with van der Waals surface area (Å²) in [6, 6.07) is 41.7. The fourth-order valence-electron chi connectivity index (χ4n) is 5.97. The van der Waals surface area contributed by atoms with E-state index in [4.69, 9.17) is 0 Å². The monoisotopic (exact) mass is 478 g/mol. The van der Waals surface area contributed by atoms with E-state index in [0.717, 1.165) is 38.7 Å². The lowest BCUT2D eigenvalue weighted by Crippen LogP contribution is -2.31. The van der Waals surface area contributed by atoms with E-state index >= 15 is 0 Å². The zero-order valence-electron chi connectivity index (χ0n) is 20.8. The Hall–Kier alpha value is -4.63. The summed E-state index contributed by atoms with van der Waals surface area (Å²) in [5, 5.41) is 2.79. The van der Waals surface area contributed by atoms with Crippen molar-refractivity contribution >= 4 is 38.7 Å². The van der Waals surface area contributed by atoms with Crippen molar-refractivity contribution in [2.24, 2.45) is 0 Å². The molecule has 1 aromatic heterocycles. The molecule has 3 heteroatoms. The molecule has 7 rings (SSSR count). The number of nitrogens with zero attached hydrogens (tertiary/aromatic N) is 2. The maximum atomic E-state index is 13.9. The van der Waals surface area contributed by atoms with Gasteiger partial charge in [-0.3, -0.25) is 9.36 Å². The molecule has 0 saturated carbocycles. The van der Waals surface area contributed by atoms with E-state index in [9.17, 15) is 4.79 Å². The molecule has 2 heterocycles. The highest BCUT2D eigenvalue weighted by Crippen LogP contribution is 2.52. The first kappa shape index (κ1) is 21.6. The summed E-state index contributed by atoms with van der Waals surface area (Å²) in [5.41, 5.74) is 7.45. The summed E-state index contributed by atoms with van der Waals surface area (Å²) in [4.78, 5) is 16.2. The van der Waals surface area contributed by atoms with Crippen LogP contribution in [-0.4, -0.2) is 4.57 Å². The van der Waals surface area contributed by atoms with E-state index in [0.29, 0.717) is 0 Å². The molecule has 0 atom stereocenters. The predicted octanol–water partition coefficient (Wildman–Crippen LogP) is 8.25. The second-order valence-electron chi connectivity index (χ2n) is 10.2. The number of aromatic nitrogens is 1. The smallest absolute Gasteiger partial charge is 0.263 e. The van der Waals surface area contributed by atoms with Crippen molar-refractivity contribution in [2.45, 2.75) is 19.3 Å². The highest BCUT2D eigenvalue weighted by molar-refractivity contribution is 6.06.